The molecule has 0 unspecified atom stereocenters. The molecule has 0 aliphatic heterocycles. The summed E-state index contributed by atoms with van der Waals surface area (Å²) < 4.78 is 2.93. The van der Waals surface area contributed by atoms with E-state index < -0.39 is 0 Å². The van der Waals surface area contributed by atoms with Crippen LogP contribution in [0.25, 0.3) is 5.65 Å². The second-order valence-corrected chi connectivity index (χ2v) is 5.80. The highest BCUT2D eigenvalue weighted by molar-refractivity contribution is 9.10. The number of hydrogen-bond donors (Lipinski definition) is 1. The molecule has 0 radical (unpaired) electrons. The summed E-state index contributed by atoms with van der Waals surface area (Å²) in [6.07, 6.45) is 1.92. The quantitative estimate of drug-likeness (QED) is 0.873. The zero-order valence-electron chi connectivity index (χ0n) is 9.66. The summed E-state index contributed by atoms with van der Waals surface area (Å²) in [6.45, 7) is 6.31. The predicted octanol–water partition coefficient (Wildman–Crippen LogP) is 2.89. The third-order valence-corrected chi connectivity index (χ3v) is 3.04. The number of nitrogens with zero attached hydrogens (tertiary/aromatic N) is 2. The van der Waals surface area contributed by atoms with Crippen LogP contribution in [0.4, 0.5) is 0 Å². The van der Waals surface area contributed by atoms with Crippen LogP contribution in [0.1, 0.15) is 32.2 Å². The molecular weight excluding hydrogens is 268 g/mol. The summed E-state index contributed by atoms with van der Waals surface area (Å²) in [5, 5.41) is 9.47. The van der Waals surface area contributed by atoms with E-state index in [1.165, 1.54) is 0 Å². The molecule has 0 amide bonds. The van der Waals surface area contributed by atoms with Crippen LogP contribution < -0.4 is 0 Å². The molecule has 0 atom stereocenters. The molecule has 2 heterocycles. The minimum absolute atomic E-state index is 0.00933. The van der Waals surface area contributed by atoms with Gasteiger partial charge in [-0.25, -0.2) is 4.98 Å². The van der Waals surface area contributed by atoms with E-state index in [-0.39, 0.29) is 12.0 Å². The Morgan fingerprint density at radius 2 is 2.12 bits per heavy atom. The Balaban J connectivity index is 2.76. The van der Waals surface area contributed by atoms with Crippen molar-refractivity contribution in [1.29, 1.82) is 0 Å². The fourth-order valence-corrected chi connectivity index (χ4v) is 2.15. The first-order chi connectivity index (χ1) is 7.43. The molecule has 0 aliphatic rings. The Morgan fingerprint density at radius 3 is 2.69 bits per heavy atom. The first-order valence-electron chi connectivity index (χ1n) is 5.21. The van der Waals surface area contributed by atoms with Gasteiger partial charge in [-0.2, -0.15) is 0 Å². The van der Waals surface area contributed by atoms with Crippen LogP contribution in [0.5, 0.6) is 0 Å². The van der Waals surface area contributed by atoms with Crippen LogP contribution >= 0.6 is 15.9 Å². The number of rotatable bonds is 1. The Kier molecular flexibility index (Phi) is 2.80. The van der Waals surface area contributed by atoms with E-state index in [9.17, 15) is 5.11 Å². The average molecular weight is 283 g/mol. The van der Waals surface area contributed by atoms with Crippen molar-refractivity contribution < 1.29 is 5.11 Å². The highest BCUT2D eigenvalue weighted by Crippen LogP contribution is 2.27. The summed E-state index contributed by atoms with van der Waals surface area (Å²) in [6, 6.07) is 3.90. The van der Waals surface area contributed by atoms with Crippen LogP contribution in [0.3, 0.4) is 0 Å². The number of pyridine rings is 1. The van der Waals surface area contributed by atoms with Crippen molar-refractivity contribution in [3.63, 3.8) is 0 Å². The highest BCUT2D eigenvalue weighted by Gasteiger charge is 2.23. The third kappa shape index (κ3) is 1.87. The normalized spacial score (nSPS) is 12.3. The van der Waals surface area contributed by atoms with E-state index in [4.69, 9.17) is 0 Å². The Bertz CT molecular complexity index is 526. The molecule has 0 saturated heterocycles. The summed E-state index contributed by atoms with van der Waals surface area (Å²) in [4.78, 5) is 4.59. The Hall–Kier alpha value is -0.870. The maximum Gasteiger partial charge on any atom is 0.138 e. The number of hydrogen-bond acceptors (Lipinski definition) is 2. The van der Waals surface area contributed by atoms with Crippen LogP contribution in [0, 0.1) is 0 Å². The zero-order chi connectivity index (χ0) is 11.9. The lowest BCUT2D eigenvalue weighted by Crippen LogP contribution is -2.14. The first kappa shape index (κ1) is 11.6. The van der Waals surface area contributed by atoms with Gasteiger partial charge in [0, 0.05) is 16.1 Å². The van der Waals surface area contributed by atoms with Crippen LogP contribution in [0.15, 0.2) is 22.8 Å². The van der Waals surface area contributed by atoms with Gasteiger partial charge in [0.25, 0.3) is 0 Å². The van der Waals surface area contributed by atoms with Gasteiger partial charge in [0.15, 0.2) is 0 Å². The third-order valence-electron chi connectivity index (χ3n) is 2.55. The van der Waals surface area contributed by atoms with Gasteiger partial charge in [-0.3, -0.25) is 0 Å². The molecule has 2 aromatic heterocycles. The molecule has 2 rings (SSSR count). The number of aromatic nitrogens is 2. The van der Waals surface area contributed by atoms with Crippen molar-refractivity contribution in [2.75, 3.05) is 0 Å². The number of halogens is 1. The van der Waals surface area contributed by atoms with Crippen LogP contribution in [-0.4, -0.2) is 14.5 Å². The Labute approximate surface area is 103 Å². The van der Waals surface area contributed by atoms with Crippen molar-refractivity contribution in [2.45, 2.75) is 32.8 Å². The van der Waals surface area contributed by atoms with Crippen LogP contribution in [0.2, 0.25) is 0 Å². The molecule has 0 aromatic carbocycles. The molecular formula is C12H15BrN2O. The lowest BCUT2D eigenvalue weighted by atomic mass is 9.91. The summed E-state index contributed by atoms with van der Waals surface area (Å²) >= 11 is 3.42. The molecule has 3 nitrogen and oxygen atoms in total. The van der Waals surface area contributed by atoms with Gasteiger partial charge in [-0.15, -0.1) is 0 Å². The first-order valence-corrected chi connectivity index (χ1v) is 6.00. The van der Waals surface area contributed by atoms with Gasteiger partial charge in [0.1, 0.15) is 5.65 Å². The summed E-state index contributed by atoms with van der Waals surface area (Å²) in [7, 11) is 0. The molecule has 0 saturated carbocycles. The van der Waals surface area contributed by atoms with Crippen molar-refractivity contribution in [2.24, 2.45) is 0 Å². The van der Waals surface area contributed by atoms with E-state index >= 15 is 0 Å². The largest absolute Gasteiger partial charge is 0.390 e. The van der Waals surface area contributed by atoms with Gasteiger partial charge < -0.3 is 9.51 Å². The number of aliphatic hydroxyl groups excluding tert-OH is 1. The second kappa shape index (κ2) is 3.86. The minimum atomic E-state index is -0.0590. The van der Waals surface area contributed by atoms with Crippen molar-refractivity contribution in [3.05, 3.63) is 34.2 Å². The van der Waals surface area contributed by atoms with E-state index in [2.05, 4.69) is 41.7 Å². The fourth-order valence-electron chi connectivity index (χ4n) is 1.82. The minimum Gasteiger partial charge on any atom is -0.390 e. The van der Waals surface area contributed by atoms with Crippen molar-refractivity contribution >= 4 is 21.6 Å². The van der Waals surface area contributed by atoms with E-state index in [0.717, 1.165) is 21.5 Å². The van der Waals surface area contributed by atoms with Gasteiger partial charge in [0.05, 0.1) is 18.0 Å². The molecule has 0 spiro atoms. The monoisotopic (exact) mass is 282 g/mol. The number of imidazole rings is 1. The SMILES string of the molecule is CC(C)(C)c1nc2cc(Br)ccn2c1CO. The zero-order valence-corrected chi connectivity index (χ0v) is 11.2. The number of fused-ring (bicyclic) bond motifs is 1. The summed E-state index contributed by atoms with van der Waals surface area (Å²) in [5.74, 6) is 0. The molecule has 86 valence electrons. The van der Waals surface area contributed by atoms with E-state index in [0.29, 0.717) is 0 Å². The second-order valence-electron chi connectivity index (χ2n) is 4.89. The maximum atomic E-state index is 9.47. The lowest BCUT2D eigenvalue weighted by molar-refractivity contribution is 0.272. The predicted molar refractivity (Wildman–Crippen MR) is 67.5 cm³/mol. The molecule has 1 N–H and O–H groups in total. The molecule has 2 aromatic rings. The van der Waals surface area contributed by atoms with Gasteiger partial charge in [0.2, 0.25) is 0 Å². The summed E-state index contributed by atoms with van der Waals surface area (Å²) in [5.41, 5.74) is 2.63. The highest BCUT2D eigenvalue weighted by atomic mass is 79.9. The average Bonchev–Trinajstić information content (AvgIpc) is 2.54. The van der Waals surface area contributed by atoms with Gasteiger partial charge >= 0.3 is 0 Å². The van der Waals surface area contributed by atoms with Crippen molar-refractivity contribution in [3.8, 4) is 0 Å². The fraction of sp³-hybridized carbons (Fsp3) is 0.417. The molecule has 16 heavy (non-hydrogen) atoms. The molecule has 4 heteroatoms. The Morgan fingerprint density at radius 1 is 1.44 bits per heavy atom. The van der Waals surface area contributed by atoms with E-state index in [1.807, 2.05) is 22.7 Å². The topological polar surface area (TPSA) is 37.5 Å². The smallest absolute Gasteiger partial charge is 0.138 e. The van der Waals surface area contributed by atoms with Gasteiger partial charge in [-0.05, 0) is 12.1 Å². The number of aliphatic hydroxyl groups is 1. The van der Waals surface area contributed by atoms with E-state index in [1.54, 1.807) is 0 Å². The maximum absolute atomic E-state index is 9.47. The van der Waals surface area contributed by atoms with Crippen molar-refractivity contribution in [1.82, 2.24) is 9.38 Å². The molecule has 0 fully saturated rings. The molecule has 0 bridgehead atoms. The standard InChI is InChI=1S/C12H15BrN2O/c1-12(2,3)11-9(7-16)15-5-4-8(13)6-10(15)14-11/h4-6,16H,7H2,1-3H3. The van der Waals surface area contributed by atoms with Crippen LogP contribution in [-0.2, 0) is 12.0 Å². The van der Waals surface area contributed by atoms with Gasteiger partial charge in [-0.1, -0.05) is 36.7 Å². The lowest BCUT2D eigenvalue weighted by Gasteiger charge is -2.16. The molecule has 0 aliphatic carbocycles.